The van der Waals surface area contributed by atoms with Gasteiger partial charge in [-0.05, 0) is 29.8 Å². The van der Waals surface area contributed by atoms with Crippen molar-refractivity contribution in [1.82, 2.24) is 9.91 Å². The van der Waals surface area contributed by atoms with Crippen LogP contribution in [0.5, 0.6) is 11.5 Å². The SMILES string of the molecule is COc1cccc(/C=N/N2CCN(Cc3ccc(Cl)cc3)CC2)c1O. The Morgan fingerprint density at radius 2 is 1.84 bits per heavy atom. The Balaban J connectivity index is 1.53. The Hall–Kier alpha value is -2.24. The van der Waals surface area contributed by atoms with Gasteiger partial charge in [-0.25, -0.2) is 0 Å². The predicted molar refractivity (Wildman–Crippen MR) is 101 cm³/mol. The van der Waals surface area contributed by atoms with Gasteiger partial charge in [0.2, 0.25) is 0 Å². The van der Waals surface area contributed by atoms with E-state index in [0.29, 0.717) is 11.3 Å². The quantitative estimate of drug-likeness (QED) is 0.833. The number of ether oxygens (including phenoxy) is 1. The van der Waals surface area contributed by atoms with Crippen LogP contribution in [0.1, 0.15) is 11.1 Å². The first kappa shape index (κ1) is 17.6. The monoisotopic (exact) mass is 359 g/mol. The lowest BCUT2D eigenvalue weighted by atomic mass is 10.2. The summed E-state index contributed by atoms with van der Waals surface area (Å²) in [4.78, 5) is 2.40. The van der Waals surface area contributed by atoms with E-state index in [1.54, 1.807) is 12.3 Å². The summed E-state index contributed by atoms with van der Waals surface area (Å²) in [7, 11) is 1.54. The van der Waals surface area contributed by atoms with Crippen LogP contribution in [-0.4, -0.2) is 54.5 Å². The van der Waals surface area contributed by atoms with Crippen molar-refractivity contribution in [2.45, 2.75) is 6.54 Å². The largest absolute Gasteiger partial charge is 0.504 e. The first-order chi connectivity index (χ1) is 12.2. The van der Waals surface area contributed by atoms with E-state index in [1.807, 2.05) is 29.3 Å². The van der Waals surface area contributed by atoms with E-state index >= 15 is 0 Å². The molecule has 2 aromatic rings. The minimum atomic E-state index is 0.120. The first-order valence-corrected chi connectivity index (χ1v) is 8.65. The molecule has 1 saturated heterocycles. The van der Waals surface area contributed by atoms with Crippen molar-refractivity contribution in [1.29, 1.82) is 0 Å². The van der Waals surface area contributed by atoms with Crippen molar-refractivity contribution in [3.8, 4) is 11.5 Å². The number of rotatable bonds is 5. The second-order valence-electron chi connectivity index (χ2n) is 6.00. The molecule has 1 N–H and O–H groups in total. The smallest absolute Gasteiger partial charge is 0.166 e. The second kappa shape index (κ2) is 8.23. The molecule has 0 aliphatic carbocycles. The minimum Gasteiger partial charge on any atom is -0.504 e. The fourth-order valence-corrected chi connectivity index (χ4v) is 2.94. The number of hydrogen-bond acceptors (Lipinski definition) is 5. The maximum atomic E-state index is 10.1. The summed E-state index contributed by atoms with van der Waals surface area (Å²) in [6, 6.07) is 13.4. The maximum absolute atomic E-state index is 10.1. The summed E-state index contributed by atoms with van der Waals surface area (Å²) in [5.41, 5.74) is 1.92. The summed E-state index contributed by atoms with van der Waals surface area (Å²) in [5, 5.41) is 17.4. The molecule has 3 rings (SSSR count). The molecule has 0 amide bonds. The highest BCUT2D eigenvalue weighted by Gasteiger charge is 2.15. The van der Waals surface area contributed by atoms with Gasteiger partial charge in [0.25, 0.3) is 0 Å². The van der Waals surface area contributed by atoms with E-state index in [1.165, 1.54) is 12.7 Å². The standard InChI is InChI=1S/C19H22ClN3O2/c1-25-18-4-2-3-16(19(18)24)13-21-23-11-9-22(10-12-23)14-15-5-7-17(20)8-6-15/h2-8,13,24H,9-12,14H2,1H3/b21-13+. The lowest BCUT2D eigenvalue weighted by Gasteiger charge is -2.33. The van der Waals surface area contributed by atoms with Gasteiger partial charge in [0.05, 0.1) is 13.3 Å². The number of nitrogens with zero attached hydrogens (tertiary/aromatic N) is 3. The summed E-state index contributed by atoms with van der Waals surface area (Å²) < 4.78 is 5.12. The molecule has 6 heteroatoms. The number of phenols is 1. The van der Waals surface area contributed by atoms with Gasteiger partial charge in [0, 0.05) is 43.3 Å². The van der Waals surface area contributed by atoms with E-state index in [9.17, 15) is 5.11 Å². The molecule has 1 heterocycles. The predicted octanol–water partition coefficient (Wildman–Crippen LogP) is 3.21. The second-order valence-corrected chi connectivity index (χ2v) is 6.44. The lowest BCUT2D eigenvalue weighted by molar-refractivity contribution is 0.131. The number of para-hydroxylation sites is 1. The molecule has 0 bridgehead atoms. The Morgan fingerprint density at radius 3 is 2.52 bits per heavy atom. The van der Waals surface area contributed by atoms with E-state index < -0.39 is 0 Å². The summed E-state index contributed by atoms with van der Waals surface area (Å²) in [6.07, 6.45) is 1.69. The Bertz CT molecular complexity index is 726. The van der Waals surface area contributed by atoms with E-state index in [2.05, 4.69) is 22.1 Å². The van der Waals surface area contributed by atoms with Crippen molar-refractivity contribution in [2.75, 3.05) is 33.3 Å². The van der Waals surface area contributed by atoms with Crippen molar-refractivity contribution >= 4 is 17.8 Å². The molecule has 5 nitrogen and oxygen atoms in total. The highest BCUT2D eigenvalue weighted by molar-refractivity contribution is 6.30. The van der Waals surface area contributed by atoms with E-state index in [-0.39, 0.29) is 5.75 Å². The van der Waals surface area contributed by atoms with Gasteiger partial charge in [-0.3, -0.25) is 9.91 Å². The van der Waals surface area contributed by atoms with Crippen LogP contribution in [0.3, 0.4) is 0 Å². The number of methoxy groups -OCH3 is 1. The third-order valence-corrected chi connectivity index (χ3v) is 4.53. The molecule has 0 atom stereocenters. The molecule has 0 spiro atoms. The lowest BCUT2D eigenvalue weighted by Crippen LogP contribution is -2.43. The van der Waals surface area contributed by atoms with Crippen LogP contribution in [-0.2, 0) is 6.54 Å². The molecule has 1 aliphatic heterocycles. The van der Waals surface area contributed by atoms with Crippen molar-refractivity contribution in [2.24, 2.45) is 5.10 Å². The molecule has 2 aromatic carbocycles. The number of halogens is 1. The molecule has 132 valence electrons. The van der Waals surface area contributed by atoms with Crippen molar-refractivity contribution in [3.63, 3.8) is 0 Å². The third kappa shape index (κ3) is 4.65. The molecule has 1 aliphatic rings. The van der Waals surface area contributed by atoms with Crippen LogP contribution >= 0.6 is 11.6 Å². The molecule has 25 heavy (non-hydrogen) atoms. The van der Waals surface area contributed by atoms with Crippen molar-refractivity contribution < 1.29 is 9.84 Å². The number of aromatic hydroxyl groups is 1. The molecule has 0 saturated carbocycles. The van der Waals surface area contributed by atoms with Gasteiger partial charge < -0.3 is 9.84 Å². The Kier molecular flexibility index (Phi) is 5.79. The molecular weight excluding hydrogens is 338 g/mol. The fourth-order valence-electron chi connectivity index (χ4n) is 2.81. The maximum Gasteiger partial charge on any atom is 0.166 e. The Labute approximate surface area is 153 Å². The Morgan fingerprint density at radius 1 is 1.12 bits per heavy atom. The first-order valence-electron chi connectivity index (χ1n) is 8.27. The topological polar surface area (TPSA) is 48.3 Å². The normalized spacial score (nSPS) is 15.7. The minimum absolute atomic E-state index is 0.120. The van der Waals surface area contributed by atoms with Crippen LogP contribution < -0.4 is 4.74 Å². The van der Waals surface area contributed by atoms with E-state index in [4.69, 9.17) is 16.3 Å². The van der Waals surface area contributed by atoms with Crippen LogP contribution in [0.15, 0.2) is 47.6 Å². The van der Waals surface area contributed by atoms with Crippen molar-refractivity contribution in [3.05, 3.63) is 58.6 Å². The van der Waals surface area contributed by atoms with Crippen LogP contribution in [0, 0.1) is 0 Å². The zero-order chi connectivity index (χ0) is 17.6. The number of hydrazone groups is 1. The van der Waals surface area contributed by atoms with Gasteiger partial charge in [0.1, 0.15) is 0 Å². The molecule has 1 fully saturated rings. The van der Waals surface area contributed by atoms with Crippen LogP contribution in [0.4, 0.5) is 0 Å². The zero-order valence-corrected chi connectivity index (χ0v) is 15.0. The number of hydrogen-bond donors (Lipinski definition) is 1. The van der Waals surface area contributed by atoms with Gasteiger partial charge in [-0.1, -0.05) is 29.8 Å². The zero-order valence-electron chi connectivity index (χ0n) is 14.2. The summed E-state index contributed by atoms with van der Waals surface area (Å²) in [5.74, 6) is 0.576. The van der Waals surface area contributed by atoms with Crippen LogP contribution in [0.25, 0.3) is 0 Å². The molecule has 0 unspecified atom stereocenters. The average Bonchev–Trinajstić information content (AvgIpc) is 2.64. The molecule has 0 aromatic heterocycles. The highest BCUT2D eigenvalue weighted by Crippen LogP contribution is 2.28. The van der Waals surface area contributed by atoms with Gasteiger partial charge in [-0.2, -0.15) is 5.10 Å². The molecular formula is C19H22ClN3O2. The van der Waals surface area contributed by atoms with Gasteiger partial charge >= 0.3 is 0 Å². The average molecular weight is 360 g/mol. The number of phenolic OH excluding ortho intramolecular Hbond substituents is 1. The highest BCUT2D eigenvalue weighted by atomic mass is 35.5. The number of benzene rings is 2. The fraction of sp³-hybridized carbons (Fsp3) is 0.316. The van der Waals surface area contributed by atoms with Gasteiger partial charge in [-0.15, -0.1) is 0 Å². The third-order valence-electron chi connectivity index (χ3n) is 4.28. The molecule has 0 radical (unpaired) electrons. The van der Waals surface area contributed by atoms with Crippen LogP contribution in [0.2, 0.25) is 5.02 Å². The summed E-state index contributed by atoms with van der Waals surface area (Å²) >= 11 is 5.93. The van der Waals surface area contributed by atoms with E-state index in [0.717, 1.165) is 37.7 Å². The number of piperazine rings is 1. The van der Waals surface area contributed by atoms with Gasteiger partial charge in [0.15, 0.2) is 11.5 Å². The summed E-state index contributed by atoms with van der Waals surface area (Å²) in [6.45, 7) is 4.53.